The minimum absolute atomic E-state index is 0.0537. The monoisotopic (exact) mass is 499 g/mol. The molecule has 1 N–H and O–H groups in total. The third-order valence-corrected chi connectivity index (χ3v) is 6.37. The number of ether oxygens (including phenoxy) is 3. The van der Waals surface area contributed by atoms with Crippen molar-refractivity contribution in [2.24, 2.45) is 5.92 Å². The molecule has 0 bridgehead atoms. The standard InChI is InChI=1S/C23H24F3NO6S/c1-4-31-22(30)18-16-10-5-12(2)11-17(16)34-20(18)27-19(28)13(3)32-21(29)14-6-8-15(9-7-14)33-23(24,25)26/h6-9,12-13H,4-5,10-11H2,1-3H3,(H,27,28)/t12-,13+/m0/s1. The van der Waals surface area contributed by atoms with Crippen molar-refractivity contribution < 1.29 is 41.8 Å². The Morgan fingerprint density at radius 1 is 1.18 bits per heavy atom. The Morgan fingerprint density at radius 3 is 2.47 bits per heavy atom. The summed E-state index contributed by atoms with van der Waals surface area (Å²) in [5.41, 5.74) is 1.16. The van der Waals surface area contributed by atoms with Crippen molar-refractivity contribution in [2.75, 3.05) is 11.9 Å². The summed E-state index contributed by atoms with van der Waals surface area (Å²) in [6, 6.07) is 4.14. The average molecular weight is 500 g/mol. The van der Waals surface area contributed by atoms with E-state index in [0.717, 1.165) is 47.5 Å². The van der Waals surface area contributed by atoms with Gasteiger partial charge in [-0.1, -0.05) is 6.92 Å². The highest BCUT2D eigenvalue weighted by Gasteiger charge is 2.32. The van der Waals surface area contributed by atoms with Crippen LogP contribution in [0.2, 0.25) is 0 Å². The zero-order chi connectivity index (χ0) is 25.0. The van der Waals surface area contributed by atoms with Gasteiger partial charge in [0.1, 0.15) is 10.8 Å². The third kappa shape index (κ3) is 6.28. The van der Waals surface area contributed by atoms with Crippen LogP contribution >= 0.6 is 11.3 Å². The smallest absolute Gasteiger partial charge is 0.462 e. The predicted molar refractivity (Wildman–Crippen MR) is 118 cm³/mol. The Balaban J connectivity index is 1.69. The normalized spacial score (nSPS) is 16.2. The fourth-order valence-electron chi connectivity index (χ4n) is 3.55. The maximum absolute atomic E-state index is 12.7. The van der Waals surface area contributed by atoms with Crippen molar-refractivity contribution >= 4 is 34.2 Å². The van der Waals surface area contributed by atoms with E-state index in [0.29, 0.717) is 22.9 Å². The second-order valence-electron chi connectivity index (χ2n) is 7.89. The molecule has 184 valence electrons. The lowest BCUT2D eigenvalue weighted by Crippen LogP contribution is -2.30. The highest BCUT2D eigenvalue weighted by molar-refractivity contribution is 7.17. The molecule has 1 aromatic carbocycles. The van der Waals surface area contributed by atoms with Gasteiger partial charge in [-0.05, 0) is 68.9 Å². The molecule has 1 aromatic heterocycles. The van der Waals surface area contributed by atoms with Crippen LogP contribution in [0.3, 0.4) is 0 Å². The summed E-state index contributed by atoms with van der Waals surface area (Å²) in [6.07, 6.45) is -3.66. The van der Waals surface area contributed by atoms with E-state index in [9.17, 15) is 27.6 Å². The van der Waals surface area contributed by atoms with Crippen LogP contribution in [-0.2, 0) is 27.1 Å². The molecule has 1 heterocycles. The third-order valence-electron chi connectivity index (χ3n) is 5.20. The Hall–Kier alpha value is -3.08. The number of halogens is 3. The number of hydrogen-bond acceptors (Lipinski definition) is 7. The van der Waals surface area contributed by atoms with Gasteiger partial charge in [-0.15, -0.1) is 24.5 Å². The van der Waals surface area contributed by atoms with Crippen LogP contribution in [0.1, 0.15) is 58.3 Å². The number of esters is 2. The number of thiophene rings is 1. The molecule has 0 fully saturated rings. The average Bonchev–Trinajstić information content (AvgIpc) is 3.09. The number of nitrogens with one attached hydrogen (secondary N) is 1. The number of fused-ring (bicyclic) bond motifs is 1. The highest BCUT2D eigenvalue weighted by Crippen LogP contribution is 2.40. The summed E-state index contributed by atoms with van der Waals surface area (Å²) in [5, 5.41) is 3.02. The molecule has 0 saturated heterocycles. The van der Waals surface area contributed by atoms with Crippen molar-refractivity contribution in [3.63, 3.8) is 0 Å². The fraction of sp³-hybridized carbons (Fsp3) is 0.435. The topological polar surface area (TPSA) is 90.9 Å². The molecular formula is C23H24F3NO6S. The van der Waals surface area contributed by atoms with E-state index >= 15 is 0 Å². The fourth-order valence-corrected chi connectivity index (χ4v) is 4.95. The minimum atomic E-state index is -4.85. The molecule has 2 atom stereocenters. The van der Waals surface area contributed by atoms with Crippen LogP contribution in [0.25, 0.3) is 0 Å². The number of hydrogen-bond donors (Lipinski definition) is 1. The first kappa shape index (κ1) is 25.5. The van der Waals surface area contributed by atoms with Gasteiger partial charge in [-0.25, -0.2) is 9.59 Å². The van der Waals surface area contributed by atoms with Gasteiger partial charge in [0.2, 0.25) is 0 Å². The van der Waals surface area contributed by atoms with Crippen LogP contribution in [0, 0.1) is 5.92 Å². The second-order valence-corrected chi connectivity index (χ2v) is 8.99. The molecule has 7 nitrogen and oxygen atoms in total. The highest BCUT2D eigenvalue weighted by atomic mass is 32.1. The predicted octanol–water partition coefficient (Wildman–Crippen LogP) is 5.13. The minimum Gasteiger partial charge on any atom is -0.462 e. The molecule has 11 heteroatoms. The summed E-state index contributed by atoms with van der Waals surface area (Å²) in [7, 11) is 0. The SMILES string of the molecule is CCOC(=O)c1c(NC(=O)[C@@H](C)OC(=O)c2ccc(OC(F)(F)F)cc2)sc2c1CC[C@H](C)C2. The molecule has 0 radical (unpaired) electrons. The van der Waals surface area contributed by atoms with Gasteiger partial charge in [-0.3, -0.25) is 4.79 Å². The Morgan fingerprint density at radius 2 is 1.85 bits per heavy atom. The van der Waals surface area contributed by atoms with E-state index in [1.54, 1.807) is 6.92 Å². The molecule has 0 spiro atoms. The number of anilines is 1. The van der Waals surface area contributed by atoms with Gasteiger partial charge in [0.25, 0.3) is 5.91 Å². The lowest BCUT2D eigenvalue weighted by Gasteiger charge is -2.18. The van der Waals surface area contributed by atoms with Crippen LogP contribution < -0.4 is 10.1 Å². The first-order valence-electron chi connectivity index (χ1n) is 10.7. The van der Waals surface area contributed by atoms with Crippen LogP contribution in [-0.4, -0.2) is 36.9 Å². The number of benzene rings is 1. The number of carbonyl (C=O) groups excluding carboxylic acids is 3. The van der Waals surface area contributed by atoms with Crippen LogP contribution in [0.5, 0.6) is 5.75 Å². The lowest BCUT2D eigenvalue weighted by molar-refractivity contribution is -0.274. The first-order chi connectivity index (χ1) is 16.0. The zero-order valence-corrected chi connectivity index (χ0v) is 19.6. The van der Waals surface area contributed by atoms with Crippen molar-refractivity contribution in [3.8, 4) is 5.75 Å². The Bertz CT molecular complexity index is 1060. The molecule has 0 aliphatic heterocycles. The molecule has 3 rings (SSSR count). The summed E-state index contributed by atoms with van der Waals surface area (Å²) >= 11 is 1.31. The number of alkyl halides is 3. The Labute approximate surface area is 198 Å². The number of amides is 1. The molecule has 0 unspecified atom stereocenters. The lowest BCUT2D eigenvalue weighted by atomic mass is 9.88. The quantitative estimate of drug-likeness (QED) is 0.531. The second kappa shape index (κ2) is 10.5. The number of carbonyl (C=O) groups is 3. The van der Waals surface area contributed by atoms with Crippen LogP contribution in [0.4, 0.5) is 18.2 Å². The van der Waals surface area contributed by atoms with Gasteiger partial charge in [0.15, 0.2) is 6.10 Å². The van der Waals surface area contributed by atoms with E-state index in [-0.39, 0.29) is 12.2 Å². The maximum Gasteiger partial charge on any atom is 0.573 e. The van der Waals surface area contributed by atoms with Gasteiger partial charge in [-0.2, -0.15) is 0 Å². The molecule has 1 amide bonds. The molecule has 34 heavy (non-hydrogen) atoms. The largest absolute Gasteiger partial charge is 0.573 e. The molecule has 1 aliphatic rings. The van der Waals surface area contributed by atoms with E-state index in [4.69, 9.17) is 9.47 Å². The summed E-state index contributed by atoms with van der Waals surface area (Å²) in [6.45, 7) is 5.36. The molecule has 1 aliphatic carbocycles. The number of rotatable bonds is 7. The zero-order valence-electron chi connectivity index (χ0n) is 18.8. The molecule has 2 aromatic rings. The van der Waals surface area contributed by atoms with Crippen molar-refractivity contribution in [3.05, 3.63) is 45.8 Å². The summed E-state index contributed by atoms with van der Waals surface area (Å²) in [5.74, 6) is -2.10. The van der Waals surface area contributed by atoms with Gasteiger partial charge < -0.3 is 19.5 Å². The van der Waals surface area contributed by atoms with E-state index < -0.39 is 36.1 Å². The van der Waals surface area contributed by atoms with Crippen molar-refractivity contribution in [1.82, 2.24) is 0 Å². The maximum atomic E-state index is 12.7. The van der Waals surface area contributed by atoms with Crippen LogP contribution in [0.15, 0.2) is 24.3 Å². The summed E-state index contributed by atoms with van der Waals surface area (Å²) < 4.78 is 50.9. The van der Waals surface area contributed by atoms with Gasteiger partial charge in [0.05, 0.1) is 17.7 Å². The van der Waals surface area contributed by atoms with E-state index in [1.807, 2.05) is 0 Å². The van der Waals surface area contributed by atoms with Gasteiger partial charge in [0, 0.05) is 4.88 Å². The Kier molecular flexibility index (Phi) is 7.86. The van der Waals surface area contributed by atoms with Crippen molar-refractivity contribution in [2.45, 2.75) is 52.5 Å². The molecular weight excluding hydrogens is 475 g/mol. The van der Waals surface area contributed by atoms with Crippen molar-refractivity contribution in [1.29, 1.82) is 0 Å². The first-order valence-corrected chi connectivity index (χ1v) is 11.5. The summed E-state index contributed by atoms with van der Waals surface area (Å²) in [4.78, 5) is 38.6. The van der Waals surface area contributed by atoms with E-state index in [1.165, 1.54) is 18.3 Å². The van der Waals surface area contributed by atoms with E-state index in [2.05, 4.69) is 17.0 Å². The van der Waals surface area contributed by atoms with Gasteiger partial charge >= 0.3 is 18.3 Å². The molecule has 0 saturated carbocycles.